The number of hydrogen-bond acceptors (Lipinski definition) is 6. The number of carbonyl (C=O) groups is 1. The Morgan fingerprint density at radius 3 is 2.50 bits per heavy atom. The summed E-state index contributed by atoms with van der Waals surface area (Å²) >= 11 is 0. The Kier molecular flexibility index (Phi) is 4.95. The molecule has 0 atom stereocenters. The second-order valence-electron chi connectivity index (χ2n) is 7.11. The summed E-state index contributed by atoms with van der Waals surface area (Å²) in [5, 5.41) is 7.71. The molecule has 0 aliphatic rings. The second kappa shape index (κ2) is 7.59. The topological polar surface area (TPSA) is 86.7 Å². The van der Waals surface area contributed by atoms with Crippen LogP contribution < -0.4 is 14.8 Å². The summed E-state index contributed by atoms with van der Waals surface area (Å²) in [5.41, 5.74) is 4.96. The second-order valence-corrected chi connectivity index (χ2v) is 7.11. The van der Waals surface area contributed by atoms with Crippen molar-refractivity contribution in [1.82, 2.24) is 5.16 Å². The molecule has 0 aliphatic heterocycles. The lowest BCUT2D eigenvalue weighted by Crippen LogP contribution is -2.11. The quantitative estimate of drug-likeness (QED) is 0.485. The number of carbonyl (C=O) groups excluding carboxylic acids is 1. The maximum Gasteiger partial charge on any atom is 0.294 e. The average molecular weight is 406 g/mol. The maximum atomic E-state index is 12.8. The predicted octanol–water partition coefficient (Wildman–Crippen LogP) is 5.28. The molecular formula is C23H22N2O5. The molecule has 2 aromatic heterocycles. The van der Waals surface area contributed by atoms with Crippen molar-refractivity contribution in [2.45, 2.75) is 20.8 Å². The van der Waals surface area contributed by atoms with Gasteiger partial charge in [-0.15, -0.1) is 0 Å². The number of nitrogens with one attached hydrogen (secondary N) is 1. The molecule has 0 radical (unpaired) electrons. The number of aryl methyl sites for hydroxylation is 3. The molecule has 0 bridgehead atoms. The minimum absolute atomic E-state index is 0.220. The summed E-state index contributed by atoms with van der Waals surface area (Å²) in [5.74, 6) is 1.27. The van der Waals surface area contributed by atoms with Gasteiger partial charge in [0, 0.05) is 22.6 Å². The minimum Gasteiger partial charge on any atom is -0.493 e. The van der Waals surface area contributed by atoms with Gasteiger partial charge in [0.05, 0.1) is 14.2 Å². The summed E-state index contributed by atoms with van der Waals surface area (Å²) in [6, 6.07) is 11.0. The van der Waals surface area contributed by atoms with Gasteiger partial charge >= 0.3 is 0 Å². The number of methoxy groups -OCH3 is 2. The summed E-state index contributed by atoms with van der Waals surface area (Å²) in [7, 11) is 3.14. The van der Waals surface area contributed by atoms with Crippen LogP contribution in [0.4, 0.5) is 5.88 Å². The van der Waals surface area contributed by atoms with Crippen molar-refractivity contribution in [3.63, 3.8) is 0 Å². The third-order valence-electron chi connectivity index (χ3n) is 5.00. The summed E-state index contributed by atoms with van der Waals surface area (Å²) < 4.78 is 21.7. The van der Waals surface area contributed by atoms with Gasteiger partial charge in [-0.05, 0) is 56.2 Å². The van der Waals surface area contributed by atoms with Gasteiger partial charge in [0.25, 0.3) is 5.91 Å². The van der Waals surface area contributed by atoms with E-state index < -0.39 is 5.91 Å². The van der Waals surface area contributed by atoms with Crippen LogP contribution in [0.3, 0.4) is 0 Å². The van der Waals surface area contributed by atoms with E-state index in [1.54, 1.807) is 32.4 Å². The largest absolute Gasteiger partial charge is 0.493 e. The van der Waals surface area contributed by atoms with E-state index in [1.165, 1.54) is 0 Å². The summed E-state index contributed by atoms with van der Waals surface area (Å²) in [4.78, 5) is 12.8. The van der Waals surface area contributed by atoms with E-state index in [-0.39, 0.29) is 11.6 Å². The molecule has 0 aliphatic carbocycles. The molecule has 0 unspecified atom stereocenters. The Bertz CT molecular complexity index is 1250. The molecule has 154 valence electrons. The lowest BCUT2D eigenvalue weighted by Gasteiger charge is -2.07. The Balaban J connectivity index is 1.60. The Labute approximate surface area is 173 Å². The molecule has 0 fully saturated rings. The van der Waals surface area contributed by atoms with Gasteiger partial charge in [-0.1, -0.05) is 11.2 Å². The van der Waals surface area contributed by atoms with Crippen LogP contribution in [0.2, 0.25) is 0 Å². The molecule has 2 heterocycles. The Morgan fingerprint density at radius 2 is 1.77 bits per heavy atom. The molecule has 7 heteroatoms. The molecule has 0 spiro atoms. The van der Waals surface area contributed by atoms with Crippen LogP contribution in [0.25, 0.3) is 22.2 Å². The van der Waals surface area contributed by atoms with Gasteiger partial charge < -0.3 is 18.4 Å². The monoisotopic (exact) mass is 406 g/mol. The van der Waals surface area contributed by atoms with Crippen molar-refractivity contribution in [1.29, 1.82) is 0 Å². The number of fused-ring (bicyclic) bond motifs is 1. The van der Waals surface area contributed by atoms with Crippen LogP contribution in [-0.2, 0) is 0 Å². The number of anilines is 1. The smallest absolute Gasteiger partial charge is 0.294 e. The van der Waals surface area contributed by atoms with Crippen LogP contribution in [-0.4, -0.2) is 25.3 Å². The molecule has 4 rings (SSSR count). The highest BCUT2D eigenvalue weighted by atomic mass is 16.5. The number of hydrogen-bond donors (Lipinski definition) is 1. The van der Waals surface area contributed by atoms with Gasteiger partial charge in [-0.2, -0.15) is 0 Å². The van der Waals surface area contributed by atoms with Crippen LogP contribution in [0, 0.1) is 20.8 Å². The van der Waals surface area contributed by atoms with Crippen molar-refractivity contribution in [3.05, 3.63) is 58.8 Å². The third-order valence-corrected chi connectivity index (χ3v) is 5.00. The van der Waals surface area contributed by atoms with E-state index in [9.17, 15) is 4.79 Å². The van der Waals surface area contributed by atoms with Crippen LogP contribution in [0.1, 0.15) is 27.2 Å². The fraction of sp³-hybridized carbons (Fsp3) is 0.217. The van der Waals surface area contributed by atoms with Crippen LogP contribution in [0.5, 0.6) is 11.5 Å². The SMILES string of the molecule is COc1ccc(-c2cc(NC(=O)c3oc4cc(C)cc(C)c4c3C)on2)cc1OC. The van der Waals surface area contributed by atoms with Crippen LogP contribution in [0.15, 0.2) is 45.3 Å². The average Bonchev–Trinajstić information content (AvgIpc) is 3.31. The fourth-order valence-electron chi connectivity index (χ4n) is 3.64. The normalized spacial score (nSPS) is 11.0. The minimum atomic E-state index is -0.393. The lowest BCUT2D eigenvalue weighted by atomic mass is 10.0. The zero-order valence-corrected chi connectivity index (χ0v) is 17.5. The van der Waals surface area contributed by atoms with E-state index in [0.29, 0.717) is 22.8 Å². The molecule has 1 amide bonds. The van der Waals surface area contributed by atoms with E-state index in [4.69, 9.17) is 18.4 Å². The van der Waals surface area contributed by atoms with Gasteiger partial charge in [0.2, 0.25) is 5.88 Å². The number of aromatic nitrogens is 1. The van der Waals surface area contributed by atoms with Gasteiger partial charge in [-0.25, -0.2) is 0 Å². The highest BCUT2D eigenvalue weighted by Crippen LogP contribution is 2.33. The molecular weight excluding hydrogens is 384 g/mol. The molecule has 2 aromatic carbocycles. The van der Waals surface area contributed by atoms with Gasteiger partial charge in [-0.3, -0.25) is 10.1 Å². The van der Waals surface area contributed by atoms with Crippen molar-refractivity contribution in [3.8, 4) is 22.8 Å². The highest BCUT2D eigenvalue weighted by molar-refractivity contribution is 6.06. The van der Waals surface area contributed by atoms with E-state index in [1.807, 2.05) is 32.9 Å². The summed E-state index contributed by atoms with van der Waals surface area (Å²) in [6.07, 6.45) is 0. The number of rotatable bonds is 5. The molecule has 0 saturated carbocycles. The molecule has 0 saturated heterocycles. The predicted molar refractivity (Wildman–Crippen MR) is 113 cm³/mol. The number of nitrogens with zero attached hydrogens (tertiary/aromatic N) is 1. The first kappa shape index (κ1) is 19.6. The standard InChI is InChI=1S/C23H22N2O5/c1-12-8-13(2)21-14(3)22(29-19(21)9-12)23(26)24-20-11-16(25-30-20)15-6-7-17(27-4)18(10-15)28-5/h6-11H,1-5H3,(H,24,26). The van der Waals surface area contributed by atoms with Crippen molar-refractivity contribution < 1.29 is 23.2 Å². The van der Waals surface area contributed by atoms with Gasteiger partial charge in [0.15, 0.2) is 17.3 Å². The maximum absolute atomic E-state index is 12.8. The Hall–Kier alpha value is -3.74. The van der Waals surface area contributed by atoms with Crippen LogP contribution >= 0.6 is 0 Å². The van der Waals surface area contributed by atoms with Gasteiger partial charge in [0.1, 0.15) is 11.3 Å². The number of ether oxygens (including phenoxy) is 2. The van der Waals surface area contributed by atoms with Crippen molar-refractivity contribution in [2.24, 2.45) is 0 Å². The first-order valence-corrected chi connectivity index (χ1v) is 9.42. The zero-order valence-electron chi connectivity index (χ0n) is 17.5. The molecule has 30 heavy (non-hydrogen) atoms. The number of amides is 1. The van der Waals surface area contributed by atoms with Crippen molar-refractivity contribution >= 4 is 22.8 Å². The summed E-state index contributed by atoms with van der Waals surface area (Å²) in [6.45, 7) is 5.87. The number of benzene rings is 2. The van der Waals surface area contributed by atoms with E-state index >= 15 is 0 Å². The van der Waals surface area contributed by atoms with Crippen molar-refractivity contribution in [2.75, 3.05) is 19.5 Å². The zero-order chi connectivity index (χ0) is 21.4. The third kappa shape index (κ3) is 3.39. The highest BCUT2D eigenvalue weighted by Gasteiger charge is 2.21. The Morgan fingerprint density at radius 1 is 1.00 bits per heavy atom. The first-order chi connectivity index (χ1) is 14.4. The fourth-order valence-corrected chi connectivity index (χ4v) is 3.64. The first-order valence-electron chi connectivity index (χ1n) is 9.42. The van der Waals surface area contributed by atoms with E-state index in [0.717, 1.165) is 27.6 Å². The molecule has 4 aromatic rings. The molecule has 7 nitrogen and oxygen atoms in total. The number of furan rings is 1. The van der Waals surface area contributed by atoms with E-state index in [2.05, 4.69) is 16.5 Å². The lowest BCUT2D eigenvalue weighted by molar-refractivity contribution is 0.0994. The molecule has 1 N–H and O–H groups in total.